The zero-order chi connectivity index (χ0) is 12.3. The van der Waals surface area contributed by atoms with Crippen LogP contribution in [0.4, 0.5) is 0 Å². The van der Waals surface area contributed by atoms with Crippen molar-refractivity contribution >= 4 is 0 Å². The summed E-state index contributed by atoms with van der Waals surface area (Å²) in [5.41, 5.74) is 1.21. The summed E-state index contributed by atoms with van der Waals surface area (Å²) in [6, 6.07) is 6.45. The van der Waals surface area contributed by atoms with Gasteiger partial charge in [-0.15, -0.1) is 0 Å². The third-order valence-electron chi connectivity index (χ3n) is 3.57. The Bertz CT molecular complexity index is 356. The molecule has 17 heavy (non-hydrogen) atoms. The summed E-state index contributed by atoms with van der Waals surface area (Å²) in [6.07, 6.45) is 2.43. The van der Waals surface area contributed by atoms with Crippen LogP contribution in [0.15, 0.2) is 18.2 Å². The molecule has 0 N–H and O–H groups in total. The van der Waals surface area contributed by atoms with Gasteiger partial charge in [0.25, 0.3) is 0 Å². The summed E-state index contributed by atoms with van der Waals surface area (Å²) < 4.78 is 11.0. The van der Waals surface area contributed by atoms with Crippen LogP contribution < -0.4 is 9.47 Å². The predicted molar refractivity (Wildman–Crippen MR) is 68.8 cm³/mol. The molecule has 0 bridgehead atoms. The van der Waals surface area contributed by atoms with Crippen molar-refractivity contribution in [3.8, 4) is 11.5 Å². The third kappa shape index (κ3) is 2.25. The van der Waals surface area contributed by atoms with Gasteiger partial charge >= 0.3 is 0 Å². The molecule has 1 atom stereocenters. The van der Waals surface area contributed by atoms with Crippen LogP contribution in [0.1, 0.15) is 31.4 Å². The topological polar surface area (TPSA) is 21.7 Å². The van der Waals surface area contributed by atoms with Crippen molar-refractivity contribution in [3.63, 3.8) is 0 Å². The number of nitrogens with zero attached hydrogens (tertiary/aromatic N) is 1. The highest BCUT2D eigenvalue weighted by Gasteiger charge is 2.29. The van der Waals surface area contributed by atoms with Crippen molar-refractivity contribution in [1.82, 2.24) is 4.90 Å². The number of hydrogen-bond donors (Lipinski definition) is 0. The quantitative estimate of drug-likeness (QED) is 0.801. The summed E-state index contributed by atoms with van der Waals surface area (Å²) in [4.78, 5) is 2.49. The van der Waals surface area contributed by atoms with Crippen LogP contribution >= 0.6 is 0 Å². The summed E-state index contributed by atoms with van der Waals surface area (Å²) >= 11 is 0. The molecule has 1 fully saturated rings. The van der Waals surface area contributed by atoms with E-state index in [4.69, 9.17) is 9.47 Å². The molecule has 3 nitrogen and oxygen atoms in total. The molecule has 1 saturated heterocycles. The molecule has 0 saturated carbocycles. The molecule has 1 aromatic carbocycles. The van der Waals surface area contributed by atoms with E-state index in [2.05, 4.69) is 11.8 Å². The van der Waals surface area contributed by atoms with Gasteiger partial charge in [-0.25, -0.2) is 0 Å². The van der Waals surface area contributed by atoms with E-state index in [9.17, 15) is 0 Å². The lowest BCUT2D eigenvalue weighted by Gasteiger charge is -2.26. The number of benzene rings is 1. The lowest BCUT2D eigenvalue weighted by molar-refractivity contribution is 0.257. The van der Waals surface area contributed by atoms with Crippen LogP contribution in [0.2, 0.25) is 0 Å². The van der Waals surface area contributed by atoms with E-state index >= 15 is 0 Å². The molecule has 1 heterocycles. The Balaban J connectivity index is 2.41. The minimum atomic E-state index is 0.436. The van der Waals surface area contributed by atoms with E-state index in [-0.39, 0.29) is 0 Å². The fraction of sp³-hybridized carbons (Fsp3) is 0.571. The highest BCUT2D eigenvalue weighted by atomic mass is 16.5. The minimum absolute atomic E-state index is 0.436. The van der Waals surface area contributed by atoms with Crippen molar-refractivity contribution in [3.05, 3.63) is 23.8 Å². The van der Waals surface area contributed by atoms with Gasteiger partial charge in [0.15, 0.2) is 0 Å². The highest BCUT2D eigenvalue weighted by Crippen LogP contribution is 2.41. The molecule has 1 aliphatic heterocycles. The number of rotatable bonds is 4. The standard InChI is InChI=1S/C14H21NO2/c1-4-15-10-6-7-11(15)14-12(16-2)8-5-9-13(14)17-3/h5,8-9,11H,4,6-7,10H2,1-3H3/t11-/m0/s1. The van der Waals surface area contributed by atoms with Gasteiger partial charge in [0.05, 0.1) is 19.8 Å². The smallest absolute Gasteiger partial charge is 0.127 e. The fourth-order valence-electron chi connectivity index (χ4n) is 2.74. The molecular formula is C14H21NO2. The van der Waals surface area contributed by atoms with Gasteiger partial charge in [-0.1, -0.05) is 13.0 Å². The van der Waals surface area contributed by atoms with Crippen molar-refractivity contribution in [2.45, 2.75) is 25.8 Å². The van der Waals surface area contributed by atoms with Crippen molar-refractivity contribution in [2.75, 3.05) is 27.3 Å². The second-order valence-electron chi connectivity index (χ2n) is 4.36. The van der Waals surface area contributed by atoms with Gasteiger partial charge in [-0.3, -0.25) is 4.90 Å². The molecule has 3 heteroatoms. The molecule has 0 amide bonds. The first-order chi connectivity index (χ1) is 8.31. The van der Waals surface area contributed by atoms with E-state index in [0.29, 0.717) is 6.04 Å². The minimum Gasteiger partial charge on any atom is -0.496 e. The molecule has 94 valence electrons. The molecule has 0 radical (unpaired) electrons. The Morgan fingerprint density at radius 3 is 2.41 bits per heavy atom. The first-order valence-corrected chi connectivity index (χ1v) is 6.26. The molecular weight excluding hydrogens is 214 g/mol. The number of methoxy groups -OCH3 is 2. The molecule has 0 unspecified atom stereocenters. The lowest BCUT2D eigenvalue weighted by Crippen LogP contribution is -2.23. The molecule has 1 aromatic rings. The zero-order valence-corrected chi connectivity index (χ0v) is 10.9. The van der Waals surface area contributed by atoms with E-state index in [1.807, 2.05) is 18.2 Å². The average Bonchev–Trinajstić information content (AvgIpc) is 2.85. The maximum Gasteiger partial charge on any atom is 0.127 e. The third-order valence-corrected chi connectivity index (χ3v) is 3.57. The summed E-state index contributed by atoms with van der Waals surface area (Å²) in [6.45, 7) is 4.45. The van der Waals surface area contributed by atoms with Gasteiger partial charge in [0.1, 0.15) is 11.5 Å². The van der Waals surface area contributed by atoms with E-state index in [1.165, 1.54) is 24.9 Å². The first kappa shape index (κ1) is 12.2. The summed E-state index contributed by atoms with van der Waals surface area (Å²) in [7, 11) is 3.45. The Kier molecular flexibility index (Phi) is 3.89. The van der Waals surface area contributed by atoms with Crippen LogP contribution in [-0.2, 0) is 0 Å². The predicted octanol–water partition coefficient (Wildman–Crippen LogP) is 2.86. The lowest BCUT2D eigenvalue weighted by atomic mass is 10.0. The summed E-state index contributed by atoms with van der Waals surface area (Å²) in [5.74, 6) is 1.88. The molecule has 2 rings (SSSR count). The average molecular weight is 235 g/mol. The molecule has 1 aliphatic rings. The number of likely N-dealkylation sites (tertiary alicyclic amines) is 1. The fourth-order valence-corrected chi connectivity index (χ4v) is 2.74. The van der Waals surface area contributed by atoms with Crippen molar-refractivity contribution in [1.29, 1.82) is 0 Å². The molecule has 0 aliphatic carbocycles. The normalized spacial score (nSPS) is 20.5. The Morgan fingerprint density at radius 1 is 1.24 bits per heavy atom. The van der Waals surface area contributed by atoms with Gasteiger partial charge in [0, 0.05) is 6.04 Å². The Hall–Kier alpha value is -1.22. The number of ether oxygens (including phenoxy) is 2. The molecule has 0 spiro atoms. The van der Waals surface area contributed by atoms with Crippen LogP contribution in [0.3, 0.4) is 0 Å². The Morgan fingerprint density at radius 2 is 1.88 bits per heavy atom. The monoisotopic (exact) mass is 235 g/mol. The van der Waals surface area contributed by atoms with Crippen LogP contribution in [0.5, 0.6) is 11.5 Å². The van der Waals surface area contributed by atoms with E-state index < -0.39 is 0 Å². The van der Waals surface area contributed by atoms with Gasteiger partial charge in [0.2, 0.25) is 0 Å². The summed E-state index contributed by atoms with van der Waals surface area (Å²) in [5, 5.41) is 0. The Labute approximate surface area is 103 Å². The van der Waals surface area contributed by atoms with Gasteiger partial charge in [-0.2, -0.15) is 0 Å². The van der Waals surface area contributed by atoms with Crippen molar-refractivity contribution < 1.29 is 9.47 Å². The second kappa shape index (κ2) is 5.41. The van der Waals surface area contributed by atoms with Crippen LogP contribution in [0, 0.1) is 0 Å². The van der Waals surface area contributed by atoms with Crippen LogP contribution in [0.25, 0.3) is 0 Å². The zero-order valence-electron chi connectivity index (χ0n) is 10.9. The largest absolute Gasteiger partial charge is 0.496 e. The van der Waals surface area contributed by atoms with Crippen molar-refractivity contribution in [2.24, 2.45) is 0 Å². The SMILES string of the molecule is CCN1CCC[C@H]1c1c(OC)cccc1OC. The van der Waals surface area contributed by atoms with Crippen LogP contribution in [-0.4, -0.2) is 32.2 Å². The van der Waals surface area contributed by atoms with E-state index in [0.717, 1.165) is 18.0 Å². The maximum absolute atomic E-state index is 5.49. The molecule has 0 aromatic heterocycles. The maximum atomic E-state index is 5.49. The second-order valence-corrected chi connectivity index (χ2v) is 4.36. The number of hydrogen-bond acceptors (Lipinski definition) is 3. The van der Waals surface area contributed by atoms with E-state index in [1.54, 1.807) is 14.2 Å². The van der Waals surface area contributed by atoms with Gasteiger partial charge in [-0.05, 0) is 38.1 Å². The van der Waals surface area contributed by atoms with Gasteiger partial charge < -0.3 is 9.47 Å². The highest BCUT2D eigenvalue weighted by molar-refractivity contribution is 5.47. The first-order valence-electron chi connectivity index (χ1n) is 6.26.